The summed E-state index contributed by atoms with van der Waals surface area (Å²) in [4.78, 5) is 20.4. The van der Waals surface area contributed by atoms with Gasteiger partial charge >= 0.3 is 5.97 Å². The van der Waals surface area contributed by atoms with Crippen molar-refractivity contribution in [3.8, 4) is 0 Å². The molecular formula is C8H4Cl3NO4. The number of hydrogen-bond acceptors (Lipinski definition) is 3. The van der Waals surface area contributed by atoms with Crippen LogP contribution in [-0.4, -0.2) is 16.0 Å². The van der Waals surface area contributed by atoms with Crippen molar-refractivity contribution < 1.29 is 14.8 Å². The SMILES string of the molecule is O=C(O)Cc1c(Cl)c(Cl)cc([N+](=O)[O-])c1Cl. The zero-order valence-electron chi connectivity index (χ0n) is 7.54. The number of carboxylic acid groups (broad SMARTS) is 1. The number of nitro groups is 1. The van der Waals surface area contributed by atoms with Crippen LogP contribution in [0.15, 0.2) is 6.07 Å². The molecule has 0 aliphatic carbocycles. The highest BCUT2D eigenvalue weighted by Gasteiger charge is 2.23. The molecule has 0 aliphatic rings. The third kappa shape index (κ3) is 2.55. The van der Waals surface area contributed by atoms with Gasteiger partial charge in [-0.25, -0.2) is 0 Å². The van der Waals surface area contributed by atoms with Crippen LogP contribution < -0.4 is 0 Å². The van der Waals surface area contributed by atoms with Crippen molar-refractivity contribution in [3.05, 3.63) is 36.8 Å². The molecule has 1 rings (SSSR count). The smallest absolute Gasteiger partial charge is 0.307 e. The standard InChI is InChI=1S/C8H4Cl3NO4/c9-4-2-5(12(15)16)8(11)3(7(4)10)1-6(13)14/h2H,1H2,(H,13,14). The third-order valence-electron chi connectivity index (χ3n) is 1.75. The van der Waals surface area contributed by atoms with Crippen LogP contribution in [0.2, 0.25) is 15.1 Å². The number of carboxylic acids is 1. The lowest BCUT2D eigenvalue weighted by molar-refractivity contribution is -0.384. The summed E-state index contributed by atoms with van der Waals surface area (Å²) in [6.45, 7) is 0. The minimum atomic E-state index is -1.21. The van der Waals surface area contributed by atoms with E-state index in [0.717, 1.165) is 6.07 Å². The van der Waals surface area contributed by atoms with Gasteiger partial charge in [0.25, 0.3) is 5.69 Å². The van der Waals surface area contributed by atoms with Crippen molar-refractivity contribution in [3.63, 3.8) is 0 Å². The lowest BCUT2D eigenvalue weighted by Gasteiger charge is -2.06. The molecule has 0 heterocycles. The van der Waals surface area contributed by atoms with Crippen LogP contribution >= 0.6 is 34.8 Å². The molecular weight excluding hydrogens is 280 g/mol. The Balaban J connectivity index is 3.45. The van der Waals surface area contributed by atoms with Crippen LogP contribution in [-0.2, 0) is 11.2 Å². The Morgan fingerprint density at radius 3 is 2.38 bits per heavy atom. The van der Waals surface area contributed by atoms with Crippen molar-refractivity contribution in [2.75, 3.05) is 0 Å². The average molecular weight is 284 g/mol. The number of halogens is 3. The second-order valence-corrected chi connectivity index (χ2v) is 3.97. The lowest BCUT2D eigenvalue weighted by atomic mass is 10.1. The maximum atomic E-state index is 10.6. The second kappa shape index (κ2) is 4.86. The maximum Gasteiger partial charge on any atom is 0.307 e. The predicted molar refractivity (Wildman–Crippen MR) is 59.5 cm³/mol. The van der Waals surface area contributed by atoms with Gasteiger partial charge in [0.1, 0.15) is 5.02 Å². The summed E-state index contributed by atoms with van der Waals surface area (Å²) in [5.41, 5.74) is -0.526. The molecule has 1 aromatic carbocycles. The van der Waals surface area contributed by atoms with Gasteiger partial charge in [-0.1, -0.05) is 34.8 Å². The Kier molecular flexibility index (Phi) is 3.96. The molecule has 0 saturated heterocycles. The fourth-order valence-corrected chi connectivity index (χ4v) is 1.85. The first kappa shape index (κ1) is 13.0. The summed E-state index contributed by atoms with van der Waals surface area (Å²) >= 11 is 17.0. The van der Waals surface area contributed by atoms with Gasteiger partial charge in [-0.15, -0.1) is 0 Å². The Hall–Kier alpha value is -1.04. The minimum Gasteiger partial charge on any atom is -0.481 e. The van der Waals surface area contributed by atoms with E-state index in [4.69, 9.17) is 39.9 Å². The molecule has 0 saturated carbocycles. The van der Waals surface area contributed by atoms with Gasteiger partial charge in [-0.3, -0.25) is 14.9 Å². The molecule has 0 amide bonds. The van der Waals surface area contributed by atoms with Gasteiger partial charge in [-0.2, -0.15) is 0 Å². The Morgan fingerprint density at radius 2 is 1.94 bits per heavy atom. The molecule has 0 fully saturated rings. The van der Waals surface area contributed by atoms with Crippen molar-refractivity contribution in [2.24, 2.45) is 0 Å². The molecule has 1 aromatic rings. The highest BCUT2D eigenvalue weighted by atomic mass is 35.5. The van der Waals surface area contributed by atoms with Crippen molar-refractivity contribution in [2.45, 2.75) is 6.42 Å². The molecule has 0 spiro atoms. The highest BCUT2D eigenvalue weighted by Crippen LogP contribution is 2.38. The zero-order valence-corrected chi connectivity index (χ0v) is 9.81. The molecule has 0 atom stereocenters. The van der Waals surface area contributed by atoms with Gasteiger partial charge in [0.15, 0.2) is 0 Å². The van der Waals surface area contributed by atoms with E-state index in [0.29, 0.717) is 0 Å². The molecule has 16 heavy (non-hydrogen) atoms. The molecule has 5 nitrogen and oxygen atoms in total. The molecule has 0 bridgehead atoms. The summed E-state index contributed by atoms with van der Waals surface area (Å²) in [5, 5.41) is 18.7. The number of rotatable bonds is 3. The predicted octanol–water partition coefficient (Wildman–Crippen LogP) is 3.18. The first-order valence-corrected chi connectivity index (χ1v) is 5.00. The molecule has 0 aromatic heterocycles. The van der Waals surface area contributed by atoms with E-state index in [-0.39, 0.29) is 20.6 Å². The normalized spacial score (nSPS) is 10.2. The Bertz CT molecular complexity index is 475. The maximum absolute atomic E-state index is 10.6. The lowest BCUT2D eigenvalue weighted by Crippen LogP contribution is -2.03. The van der Waals surface area contributed by atoms with E-state index in [2.05, 4.69) is 0 Å². The third-order valence-corrected chi connectivity index (χ3v) is 3.00. The van der Waals surface area contributed by atoms with Crippen molar-refractivity contribution in [1.82, 2.24) is 0 Å². The molecule has 1 N–H and O–H groups in total. The van der Waals surface area contributed by atoms with Crippen LogP contribution in [0.4, 0.5) is 5.69 Å². The van der Waals surface area contributed by atoms with Crippen LogP contribution in [0.5, 0.6) is 0 Å². The van der Waals surface area contributed by atoms with E-state index in [9.17, 15) is 14.9 Å². The van der Waals surface area contributed by atoms with Crippen LogP contribution in [0.3, 0.4) is 0 Å². The van der Waals surface area contributed by atoms with E-state index in [1.165, 1.54) is 0 Å². The number of nitro benzene ring substituents is 1. The topological polar surface area (TPSA) is 80.4 Å². The van der Waals surface area contributed by atoms with E-state index >= 15 is 0 Å². The Labute approximate surface area is 105 Å². The molecule has 86 valence electrons. The van der Waals surface area contributed by atoms with Gasteiger partial charge in [0.05, 0.1) is 21.4 Å². The molecule has 0 unspecified atom stereocenters. The minimum absolute atomic E-state index is 0.0602. The summed E-state index contributed by atoms with van der Waals surface area (Å²) in [7, 11) is 0. The van der Waals surface area contributed by atoms with Gasteiger partial charge in [0.2, 0.25) is 0 Å². The van der Waals surface area contributed by atoms with E-state index in [1.807, 2.05) is 0 Å². The number of carbonyl (C=O) groups is 1. The van der Waals surface area contributed by atoms with Crippen molar-refractivity contribution in [1.29, 1.82) is 0 Å². The average Bonchev–Trinajstić information content (AvgIpc) is 2.17. The van der Waals surface area contributed by atoms with E-state index < -0.39 is 23.0 Å². The summed E-state index contributed by atoms with van der Waals surface area (Å²) in [6, 6.07) is 0.984. The summed E-state index contributed by atoms with van der Waals surface area (Å²) in [5.74, 6) is -1.21. The van der Waals surface area contributed by atoms with Crippen LogP contribution in [0, 0.1) is 10.1 Å². The largest absolute Gasteiger partial charge is 0.481 e. The molecule has 8 heteroatoms. The van der Waals surface area contributed by atoms with Crippen LogP contribution in [0.1, 0.15) is 5.56 Å². The summed E-state index contributed by atoms with van der Waals surface area (Å²) in [6.07, 6.45) is -0.529. The zero-order chi connectivity index (χ0) is 12.5. The fourth-order valence-electron chi connectivity index (χ4n) is 1.08. The number of hydrogen-bond donors (Lipinski definition) is 1. The monoisotopic (exact) mass is 283 g/mol. The Morgan fingerprint density at radius 1 is 1.38 bits per heavy atom. The van der Waals surface area contributed by atoms with Gasteiger partial charge < -0.3 is 5.11 Å². The number of aliphatic carboxylic acids is 1. The van der Waals surface area contributed by atoms with Crippen LogP contribution in [0.25, 0.3) is 0 Å². The molecule has 0 radical (unpaired) electrons. The fraction of sp³-hybridized carbons (Fsp3) is 0.125. The quantitative estimate of drug-likeness (QED) is 0.525. The number of nitrogens with zero attached hydrogens (tertiary/aromatic N) is 1. The summed E-state index contributed by atoms with van der Waals surface area (Å²) < 4.78 is 0. The van der Waals surface area contributed by atoms with Gasteiger partial charge in [-0.05, 0) is 0 Å². The second-order valence-electron chi connectivity index (χ2n) is 2.81. The first-order valence-electron chi connectivity index (χ1n) is 3.87. The first-order chi connectivity index (χ1) is 7.34. The van der Waals surface area contributed by atoms with Gasteiger partial charge in [0, 0.05) is 11.6 Å². The highest BCUT2D eigenvalue weighted by molar-refractivity contribution is 6.44. The van der Waals surface area contributed by atoms with Crippen molar-refractivity contribution >= 4 is 46.5 Å². The number of benzene rings is 1. The van der Waals surface area contributed by atoms with E-state index in [1.54, 1.807) is 0 Å². The molecule has 0 aliphatic heterocycles.